The van der Waals surface area contributed by atoms with Crippen LogP contribution in [0.5, 0.6) is 5.75 Å². The van der Waals surface area contributed by atoms with Gasteiger partial charge in [0.15, 0.2) is 5.58 Å². The number of hydrogen-bond acceptors (Lipinski definition) is 8. The number of anilines is 1. The summed E-state index contributed by atoms with van der Waals surface area (Å²) < 4.78 is 14.8. The Labute approximate surface area is 154 Å². The molecule has 1 aromatic heterocycles. The van der Waals surface area contributed by atoms with Crippen LogP contribution >= 0.6 is 0 Å². The summed E-state index contributed by atoms with van der Waals surface area (Å²) >= 11 is 0. The Kier molecular flexibility index (Phi) is 5.07. The molecule has 0 amide bonds. The second-order valence-electron chi connectivity index (χ2n) is 5.42. The fourth-order valence-corrected chi connectivity index (χ4v) is 2.36. The predicted octanol–water partition coefficient (Wildman–Crippen LogP) is 2.84. The van der Waals surface area contributed by atoms with Gasteiger partial charge < -0.3 is 24.3 Å². The fraction of sp³-hybridized carbons (Fsp3) is 0.105. The van der Waals surface area contributed by atoms with E-state index in [0.29, 0.717) is 22.4 Å². The lowest BCUT2D eigenvalue weighted by Gasteiger charge is -2.10. The van der Waals surface area contributed by atoms with Gasteiger partial charge in [0, 0.05) is 5.69 Å². The molecule has 0 atom stereocenters. The normalized spacial score (nSPS) is 11.3. The lowest BCUT2D eigenvalue weighted by Crippen LogP contribution is -2.15. The molecule has 0 aliphatic rings. The summed E-state index contributed by atoms with van der Waals surface area (Å²) in [5.74, 6) is -1.31. The maximum atomic E-state index is 11.9. The smallest absolute Gasteiger partial charge is 0.354 e. The molecule has 0 saturated heterocycles. The van der Waals surface area contributed by atoms with E-state index in [4.69, 9.17) is 4.42 Å². The predicted molar refractivity (Wildman–Crippen MR) is 96.8 cm³/mol. The van der Waals surface area contributed by atoms with Crippen molar-refractivity contribution in [3.05, 3.63) is 54.2 Å². The third kappa shape index (κ3) is 3.90. The molecular formula is C19H16N2O6. The molecule has 3 rings (SSSR count). The van der Waals surface area contributed by atoms with Crippen LogP contribution in [-0.2, 0) is 19.1 Å². The van der Waals surface area contributed by atoms with Gasteiger partial charge in [0.1, 0.15) is 17.0 Å². The molecule has 2 N–H and O–H groups in total. The summed E-state index contributed by atoms with van der Waals surface area (Å²) in [7, 11) is 2.38. The number of para-hydroxylation sites is 2. The zero-order chi connectivity index (χ0) is 19.4. The standard InChI is InChI=1S/C19H16N2O6/c1-25-17(23)10-14(19(24)26-2)20-11-7-8-15(22)12(9-11)18-21-13-5-3-4-6-16(13)27-18/h3-10,20,22H,1-2H3/b14-10+. The van der Waals surface area contributed by atoms with E-state index < -0.39 is 11.9 Å². The van der Waals surface area contributed by atoms with Gasteiger partial charge in [0.05, 0.1) is 25.9 Å². The molecule has 0 bridgehead atoms. The minimum Gasteiger partial charge on any atom is -0.507 e. The Morgan fingerprint density at radius 2 is 1.93 bits per heavy atom. The second kappa shape index (κ2) is 7.61. The van der Waals surface area contributed by atoms with Crippen molar-refractivity contribution in [3.63, 3.8) is 0 Å². The maximum Gasteiger partial charge on any atom is 0.354 e. The molecule has 2 aromatic carbocycles. The zero-order valence-corrected chi connectivity index (χ0v) is 14.6. The van der Waals surface area contributed by atoms with Gasteiger partial charge in [-0.15, -0.1) is 0 Å². The van der Waals surface area contributed by atoms with Crippen molar-refractivity contribution in [2.75, 3.05) is 19.5 Å². The Balaban J connectivity index is 1.98. The summed E-state index contributed by atoms with van der Waals surface area (Å²) in [6, 6.07) is 11.7. The van der Waals surface area contributed by atoms with Crippen LogP contribution in [0.4, 0.5) is 5.69 Å². The number of fused-ring (bicyclic) bond motifs is 1. The van der Waals surface area contributed by atoms with E-state index in [0.717, 1.165) is 6.08 Å². The van der Waals surface area contributed by atoms with Crippen LogP contribution in [0.3, 0.4) is 0 Å². The first kappa shape index (κ1) is 18.0. The molecular weight excluding hydrogens is 352 g/mol. The van der Waals surface area contributed by atoms with E-state index in [9.17, 15) is 14.7 Å². The zero-order valence-electron chi connectivity index (χ0n) is 14.6. The first-order valence-electron chi connectivity index (χ1n) is 7.85. The summed E-state index contributed by atoms with van der Waals surface area (Å²) in [4.78, 5) is 27.7. The van der Waals surface area contributed by atoms with Gasteiger partial charge in [-0.1, -0.05) is 12.1 Å². The van der Waals surface area contributed by atoms with Crippen LogP contribution in [0.15, 0.2) is 58.7 Å². The number of phenolic OH excluding ortho intramolecular Hbond substituents is 1. The van der Waals surface area contributed by atoms with E-state index in [-0.39, 0.29) is 17.3 Å². The van der Waals surface area contributed by atoms with E-state index in [1.807, 2.05) is 12.1 Å². The number of phenols is 1. The quantitative estimate of drug-likeness (QED) is 0.402. The Morgan fingerprint density at radius 3 is 2.63 bits per heavy atom. The SMILES string of the molecule is COC(=O)/C=C(/Nc1ccc(O)c(-c2nc3ccccc3o2)c1)C(=O)OC. The topological polar surface area (TPSA) is 111 Å². The minimum atomic E-state index is -0.753. The number of aromatic hydroxyl groups is 1. The fourth-order valence-electron chi connectivity index (χ4n) is 2.36. The van der Waals surface area contributed by atoms with Crippen molar-refractivity contribution in [1.29, 1.82) is 0 Å². The molecule has 3 aromatic rings. The van der Waals surface area contributed by atoms with Gasteiger partial charge in [-0.2, -0.15) is 0 Å². The van der Waals surface area contributed by atoms with E-state index >= 15 is 0 Å². The molecule has 0 fully saturated rings. The summed E-state index contributed by atoms with van der Waals surface area (Å²) in [6.07, 6.45) is 0.970. The third-order valence-corrected chi connectivity index (χ3v) is 3.67. The first-order valence-corrected chi connectivity index (χ1v) is 7.85. The van der Waals surface area contributed by atoms with Gasteiger partial charge in [-0.3, -0.25) is 0 Å². The average molecular weight is 368 g/mol. The number of benzene rings is 2. The lowest BCUT2D eigenvalue weighted by atomic mass is 10.1. The van der Waals surface area contributed by atoms with Crippen molar-refractivity contribution in [1.82, 2.24) is 4.98 Å². The lowest BCUT2D eigenvalue weighted by molar-refractivity contribution is -0.138. The summed E-state index contributed by atoms with van der Waals surface area (Å²) in [6.45, 7) is 0. The van der Waals surface area contributed by atoms with Crippen molar-refractivity contribution in [2.24, 2.45) is 0 Å². The van der Waals surface area contributed by atoms with Crippen molar-refractivity contribution >= 4 is 28.7 Å². The highest BCUT2D eigenvalue weighted by Crippen LogP contribution is 2.33. The second-order valence-corrected chi connectivity index (χ2v) is 5.42. The molecule has 8 heteroatoms. The molecule has 0 spiro atoms. The number of nitrogens with zero attached hydrogens (tertiary/aromatic N) is 1. The number of hydrogen-bond donors (Lipinski definition) is 2. The number of aromatic nitrogens is 1. The number of ether oxygens (including phenoxy) is 2. The Morgan fingerprint density at radius 1 is 1.15 bits per heavy atom. The number of carbonyl (C=O) groups is 2. The molecule has 0 aliphatic heterocycles. The molecule has 27 heavy (non-hydrogen) atoms. The number of oxazole rings is 1. The molecule has 8 nitrogen and oxygen atoms in total. The highest BCUT2D eigenvalue weighted by atomic mass is 16.5. The van der Waals surface area contributed by atoms with Crippen molar-refractivity contribution in [3.8, 4) is 17.2 Å². The van der Waals surface area contributed by atoms with Crippen LogP contribution in [0.2, 0.25) is 0 Å². The molecule has 1 heterocycles. The molecule has 0 aliphatic carbocycles. The van der Waals surface area contributed by atoms with Gasteiger partial charge >= 0.3 is 11.9 Å². The first-order chi connectivity index (χ1) is 13.0. The van der Waals surface area contributed by atoms with Gasteiger partial charge in [0.2, 0.25) is 5.89 Å². The number of nitrogens with one attached hydrogen (secondary N) is 1. The van der Waals surface area contributed by atoms with Gasteiger partial charge in [-0.25, -0.2) is 14.6 Å². The monoisotopic (exact) mass is 368 g/mol. The summed E-state index contributed by atoms with van der Waals surface area (Å²) in [5.41, 5.74) is 1.82. The highest BCUT2D eigenvalue weighted by Gasteiger charge is 2.16. The van der Waals surface area contributed by atoms with Crippen molar-refractivity contribution < 1.29 is 28.6 Å². The molecule has 138 valence electrons. The van der Waals surface area contributed by atoms with E-state index in [2.05, 4.69) is 19.8 Å². The van der Waals surface area contributed by atoms with Crippen LogP contribution in [0, 0.1) is 0 Å². The number of methoxy groups -OCH3 is 2. The largest absolute Gasteiger partial charge is 0.507 e. The molecule has 0 radical (unpaired) electrons. The summed E-state index contributed by atoms with van der Waals surface area (Å²) in [5, 5.41) is 12.9. The van der Waals surface area contributed by atoms with Crippen LogP contribution in [-0.4, -0.2) is 36.2 Å². The highest BCUT2D eigenvalue weighted by molar-refractivity contribution is 5.98. The van der Waals surface area contributed by atoms with Crippen LogP contribution < -0.4 is 5.32 Å². The molecule has 0 saturated carbocycles. The number of carbonyl (C=O) groups excluding carboxylic acids is 2. The van der Waals surface area contributed by atoms with E-state index in [1.165, 1.54) is 32.4 Å². The number of esters is 2. The Bertz CT molecular complexity index is 1000. The van der Waals surface area contributed by atoms with E-state index in [1.54, 1.807) is 12.1 Å². The van der Waals surface area contributed by atoms with Gasteiger partial charge in [0.25, 0.3) is 0 Å². The minimum absolute atomic E-state index is 0.0522. The maximum absolute atomic E-state index is 11.9. The average Bonchev–Trinajstić information content (AvgIpc) is 3.12. The van der Waals surface area contributed by atoms with Crippen molar-refractivity contribution in [2.45, 2.75) is 0 Å². The third-order valence-electron chi connectivity index (χ3n) is 3.67. The van der Waals surface area contributed by atoms with Crippen LogP contribution in [0.25, 0.3) is 22.6 Å². The van der Waals surface area contributed by atoms with Crippen LogP contribution in [0.1, 0.15) is 0 Å². The Hall–Kier alpha value is -3.81. The number of rotatable bonds is 5. The molecule has 0 unspecified atom stereocenters. The van der Waals surface area contributed by atoms with Gasteiger partial charge in [-0.05, 0) is 30.3 Å².